The van der Waals surface area contributed by atoms with Crippen molar-refractivity contribution in [1.29, 1.82) is 0 Å². The Kier molecular flexibility index (Phi) is 4.89. The van der Waals surface area contributed by atoms with Crippen LogP contribution in [0.1, 0.15) is 18.4 Å². The third-order valence-electron chi connectivity index (χ3n) is 1.58. The summed E-state index contributed by atoms with van der Waals surface area (Å²) in [7, 11) is 0. The number of hydrazine groups is 1. The van der Waals surface area contributed by atoms with Crippen LogP contribution in [-0.4, -0.2) is 5.91 Å². The van der Waals surface area contributed by atoms with Crippen molar-refractivity contribution in [3.8, 4) is 0 Å². The van der Waals surface area contributed by atoms with E-state index < -0.39 is 0 Å². The predicted molar refractivity (Wildman–Crippen MR) is 52.3 cm³/mol. The monoisotopic (exact) mass is 206 g/mol. The average Bonchev–Trinajstić information content (AvgIpc) is 2.53. The van der Waals surface area contributed by atoms with E-state index in [9.17, 15) is 4.79 Å². The Morgan fingerprint density at radius 2 is 2.42 bits per heavy atom. The first kappa shape index (κ1) is 11.4. The van der Waals surface area contributed by atoms with Gasteiger partial charge in [-0.25, -0.2) is 5.84 Å². The molecule has 1 unspecified atom stereocenters. The van der Waals surface area contributed by atoms with Crippen molar-refractivity contribution >= 4 is 29.7 Å². The minimum absolute atomic E-state index is 0. The van der Waals surface area contributed by atoms with E-state index in [2.05, 4.69) is 5.43 Å². The third kappa shape index (κ3) is 2.48. The highest BCUT2D eigenvalue weighted by molar-refractivity contribution is 7.08. The average molecular weight is 207 g/mol. The largest absolute Gasteiger partial charge is 0.294 e. The molecular formula is C7H11ClN2OS. The van der Waals surface area contributed by atoms with Crippen LogP contribution in [0.15, 0.2) is 16.8 Å². The van der Waals surface area contributed by atoms with Crippen LogP contribution in [-0.2, 0) is 4.79 Å². The van der Waals surface area contributed by atoms with Gasteiger partial charge >= 0.3 is 0 Å². The topological polar surface area (TPSA) is 55.1 Å². The van der Waals surface area contributed by atoms with Crippen molar-refractivity contribution in [2.24, 2.45) is 5.84 Å². The molecule has 5 heteroatoms. The third-order valence-corrected chi connectivity index (χ3v) is 2.28. The molecule has 68 valence electrons. The Hall–Kier alpha value is -0.580. The molecule has 0 aromatic carbocycles. The number of rotatable bonds is 2. The summed E-state index contributed by atoms with van der Waals surface area (Å²) >= 11 is 1.57. The predicted octanol–water partition coefficient (Wildman–Crippen LogP) is 1.26. The molecular weight excluding hydrogens is 196 g/mol. The van der Waals surface area contributed by atoms with Gasteiger partial charge in [0.15, 0.2) is 0 Å². The van der Waals surface area contributed by atoms with Gasteiger partial charge in [-0.3, -0.25) is 10.2 Å². The lowest BCUT2D eigenvalue weighted by atomic mass is 10.1. The molecule has 0 fully saturated rings. The van der Waals surface area contributed by atoms with Gasteiger partial charge in [-0.15, -0.1) is 12.4 Å². The molecule has 0 saturated heterocycles. The molecule has 1 aromatic heterocycles. The highest BCUT2D eigenvalue weighted by Gasteiger charge is 2.13. The minimum atomic E-state index is -0.150. The Balaban J connectivity index is 0.00000121. The Bertz CT molecular complexity index is 238. The fourth-order valence-electron chi connectivity index (χ4n) is 0.798. The molecule has 12 heavy (non-hydrogen) atoms. The van der Waals surface area contributed by atoms with Crippen molar-refractivity contribution in [3.05, 3.63) is 22.4 Å². The Labute approximate surface area is 81.3 Å². The number of hydrogen-bond donors (Lipinski definition) is 2. The van der Waals surface area contributed by atoms with E-state index in [-0.39, 0.29) is 24.2 Å². The minimum Gasteiger partial charge on any atom is -0.294 e. The van der Waals surface area contributed by atoms with Gasteiger partial charge < -0.3 is 0 Å². The van der Waals surface area contributed by atoms with Crippen LogP contribution >= 0.6 is 23.7 Å². The number of hydrogen-bond acceptors (Lipinski definition) is 3. The first-order chi connectivity index (χ1) is 5.25. The van der Waals surface area contributed by atoms with E-state index in [0.29, 0.717) is 0 Å². The lowest BCUT2D eigenvalue weighted by molar-refractivity contribution is -0.122. The van der Waals surface area contributed by atoms with Gasteiger partial charge in [-0.05, 0) is 29.3 Å². The highest BCUT2D eigenvalue weighted by atomic mass is 35.5. The van der Waals surface area contributed by atoms with Crippen molar-refractivity contribution in [2.75, 3.05) is 0 Å². The van der Waals surface area contributed by atoms with Crippen LogP contribution in [0.4, 0.5) is 0 Å². The fourth-order valence-corrected chi connectivity index (χ4v) is 1.55. The van der Waals surface area contributed by atoms with E-state index in [0.717, 1.165) is 5.56 Å². The number of carbonyl (C=O) groups excluding carboxylic acids is 1. The number of nitrogens with one attached hydrogen (secondary N) is 1. The molecule has 1 heterocycles. The summed E-state index contributed by atoms with van der Waals surface area (Å²) in [6.07, 6.45) is 0. The summed E-state index contributed by atoms with van der Waals surface area (Å²) in [4.78, 5) is 11.0. The maximum absolute atomic E-state index is 11.0. The fraction of sp³-hybridized carbons (Fsp3) is 0.286. The summed E-state index contributed by atoms with van der Waals surface area (Å²) in [5.41, 5.74) is 3.13. The normalized spacial score (nSPS) is 11.5. The van der Waals surface area contributed by atoms with Crippen LogP contribution < -0.4 is 11.3 Å². The van der Waals surface area contributed by atoms with Gasteiger partial charge in [0, 0.05) is 0 Å². The van der Waals surface area contributed by atoms with Crippen molar-refractivity contribution < 1.29 is 4.79 Å². The van der Waals surface area contributed by atoms with E-state index >= 15 is 0 Å². The zero-order valence-corrected chi connectivity index (χ0v) is 8.24. The van der Waals surface area contributed by atoms with E-state index in [4.69, 9.17) is 5.84 Å². The number of halogens is 1. The van der Waals surface area contributed by atoms with E-state index in [1.165, 1.54) is 0 Å². The summed E-state index contributed by atoms with van der Waals surface area (Å²) in [5.74, 6) is 4.69. The molecule has 1 aromatic rings. The van der Waals surface area contributed by atoms with E-state index in [1.54, 1.807) is 11.3 Å². The first-order valence-corrected chi connectivity index (χ1v) is 4.22. The number of carbonyl (C=O) groups is 1. The van der Waals surface area contributed by atoms with Gasteiger partial charge in [-0.1, -0.05) is 0 Å². The van der Waals surface area contributed by atoms with Crippen LogP contribution in [0.25, 0.3) is 0 Å². The van der Waals surface area contributed by atoms with Crippen molar-refractivity contribution in [1.82, 2.24) is 5.43 Å². The first-order valence-electron chi connectivity index (χ1n) is 3.28. The standard InChI is InChI=1S/C7H10N2OS.ClH/c1-5(7(10)9-8)6-2-3-11-4-6;/h2-5H,8H2,1H3,(H,9,10);1H. The molecule has 0 aliphatic heterocycles. The Morgan fingerprint density at radius 3 is 2.83 bits per heavy atom. The lowest BCUT2D eigenvalue weighted by Gasteiger charge is -2.05. The molecule has 0 radical (unpaired) electrons. The van der Waals surface area contributed by atoms with Gasteiger partial charge in [0.1, 0.15) is 0 Å². The van der Waals surface area contributed by atoms with Crippen LogP contribution in [0.5, 0.6) is 0 Å². The van der Waals surface area contributed by atoms with Gasteiger partial charge in [0.05, 0.1) is 5.92 Å². The summed E-state index contributed by atoms with van der Waals surface area (Å²) < 4.78 is 0. The number of amides is 1. The molecule has 0 saturated carbocycles. The molecule has 1 amide bonds. The molecule has 3 nitrogen and oxygen atoms in total. The van der Waals surface area contributed by atoms with Gasteiger partial charge in [-0.2, -0.15) is 11.3 Å². The Morgan fingerprint density at radius 1 is 1.75 bits per heavy atom. The molecule has 1 rings (SSSR count). The second-order valence-corrected chi connectivity index (χ2v) is 3.07. The maximum atomic E-state index is 11.0. The zero-order valence-electron chi connectivity index (χ0n) is 6.61. The molecule has 0 bridgehead atoms. The van der Waals surface area contributed by atoms with Crippen LogP contribution in [0, 0.1) is 0 Å². The molecule has 0 spiro atoms. The second kappa shape index (κ2) is 5.13. The van der Waals surface area contributed by atoms with Crippen LogP contribution in [0.3, 0.4) is 0 Å². The van der Waals surface area contributed by atoms with Crippen LogP contribution in [0.2, 0.25) is 0 Å². The molecule has 3 N–H and O–H groups in total. The smallest absolute Gasteiger partial charge is 0.241 e. The van der Waals surface area contributed by atoms with Gasteiger partial charge in [0.25, 0.3) is 0 Å². The summed E-state index contributed by atoms with van der Waals surface area (Å²) in [6.45, 7) is 1.82. The quantitative estimate of drug-likeness (QED) is 0.435. The van der Waals surface area contributed by atoms with Crippen molar-refractivity contribution in [3.63, 3.8) is 0 Å². The summed E-state index contributed by atoms with van der Waals surface area (Å²) in [6, 6.07) is 1.92. The number of nitrogens with two attached hydrogens (primary N) is 1. The molecule has 0 aliphatic rings. The van der Waals surface area contributed by atoms with E-state index in [1.807, 2.05) is 23.8 Å². The maximum Gasteiger partial charge on any atom is 0.241 e. The SMILES string of the molecule is CC(C(=O)NN)c1ccsc1.Cl. The molecule has 0 aliphatic carbocycles. The number of thiophene rings is 1. The van der Waals surface area contributed by atoms with Gasteiger partial charge in [0.2, 0.25) is 5.91 Å². The zero-order chi connectivity index (χ0) is 8.27. The summed E-state index contributed by atoms with van der Waals surface area (Å²) in [5, 5.41) is 3.88. The highest BCUT2D eigenvalue weighted by Crippen LogP contribution is 2.17. The lowest BCUT2D eigenvalue weighted by Crippen LogP contribution is -2.33. The van der Waals surface area contributed by atoms with Crippen molar-refractivity contribution in [2.45, 2.75) is 12.8 Å². The molecule has 1 atom stereocenters. The second-order valence-electron chi connectivity index (χ2n) is 2.29.